The van der Waals surface area contributed by atoms with Crippen molar-refractivity contribution in [1.29, 1.82) is 0 Å². The lowest BCUT2D eigenvalue weighted by atomic mass is 10.1. The zero-order valence-electron chi connectivity index (χ0n) is 12.7. The number of aromatic nitrogens is 2. The molecular weight excluding hydrogens is 291 g/mol. The molecule has 0 bridgehead atoms. The highest BCUT2D eigenvalue weighted by atomic mass is 19.1. The second-order valence-corrected chi connectivity index (χ2v) is 5.17. The van der Waals surface area contributed by atoms with Crippen molar-refractivity contribution < 1.29 is 4.39 Å². The molecule has 3 rings (SSSR count). The van der Waals surface area contributed by atoms with Crippen LogP contribution in [0.2, 0.25) is 0 Å². The van der Waals surface area contributed by atoms with Gasteiger partial charge in [-0.2, -0.15) is 4.98 Å². The Labute approximate surface area is 134 Å². The molecule has 0 spiro atoms. The minimum atomic E-state index is -0.274. The van der Waals surface area contributed by atoms with Crippen molar-refractivity contribution >= 4 is 17.5 Å². The van der Waals surface area contributed by atoms with E-state index in [0.29, 0.717) is 5.95 Å². The molecule has 1 heterocycles. The summed E-state index contributed by atoms with van der Waals surface area (Å²) in [6, 6.07) is 18.2. The molecule has 1 unspecified atom stereocenters. The van der Waals surface area contributed by atoms with Crippen LogP contribution < -0.4 is 10.6 Å². The summed E-state index contributed by atoms with van der Waals surface area (Å²) in [5, 5.41) is 6.40. The van der Waals surface area contributed by atoms with Crippen LogP contribution in [0.15, 0.2) is 66.9 Å². The Balaban J connectivity index is 1.71. The van der Waals surface area contributed by atoms with E-state index in [2.05, 4.69) is 39.7 Å². The van der Waals surface area contributed by atoms with Crippen LogP contribution in [0, 0.1) is 5.82 Å². The number of anilines is 3. The van der Waals surface area contributed by atoms with Crippen molar-refractivity contribution in [1.82, 2.24) is 9.97 Å². The third kappa shape index (κ3) is 4.03. The van der Waals surface area contributed by atoms with E-state index in [4.69, 9.17) is 0 Å². The van der Waals surface area contributed by atoms with Gasteiger partial charge in [-0.3, -0.25) is 0 Å². The lowest BCUT2D eigenvalue weighted by Gasteiger charge is -2.15. The van der Waals surface area contributed by atoms with Crippen molar-refractivity contribution in [2.45, 2.75) is 13.0 Å². The Bertz CT molecular complexity index is 759. The molecule has 0 saturated carbocycles. The Hall–Kier alpha value is -2.95. The monoisotopic (exact) mass is 308 g/mol. The third-order valence-electron chi connectivity index (χ3n) is 3.42. The van der Waals surface area contributed by atoms with Crippen LogP contribution in [-0.2, 0) is 0 Å². The van der Waals surface area contributed by atoms with Crippen LogP contribution in [0.3, 0.4) is 0 Å². The zero-order valence-corrected chi connectivity index (χ0v) is 12.7. The van der Waals surface area contributed by atoms with Gasteiger partial charge in [-0.05, 0) is 42.8 Å². The summed E-state index contributed by atoms with van der Waals surface area (Å²) in [4.78, 5) is 8.61. The molecule has 3 aromatic rings. The summed E-state index contributed by atoms with van der Waals surface area (Å²) in [6.07, 6.45) is 1.68. The van der Waals surface area contributed by atoms with Gasteiger partial charge in [0.15, 0.2) is 0 Å². The maximum absolute atomic E-state index is 12.9. The molecular formula is C18H17FN4. The molecule has 4 nitrogen and oxygen atoms in total. The Morgan fingerprint density at radius 1 is 0.957 bits per heavy atom. The second-order valence-electron chi connectivity index (χ2n) is 5.17. The Morgan fingerprint density at radius 3 is 2.43 bits per heavy atom. The van der Waals surface area contributed by atoms with Crippen LogP contribution in [-0.4, -0.2) is 9.97 Å². The van der Waals surface area contributed by atoms with Crippen LogP contribution in [0.25, 0.3) is 0 Å². The van der Waals surface area contributed by atoms with Gasteiger partial charge in [-0.1, -0.05) is 30.3 Å². The van der Waals surface area contributed by atoms with Crippen molar-refractivity contribution in [3.8, 4) is 0 Å². The van der Waals surface area contributed by atoms with Crippen LogP contribution in [0.5, 0.6) is 0 Å². The van der Waals surface area contributed by atoms with E-state index >= 15 is 0 Å². The lowest BCUT2D eigenvalue weighted by Crippen LogP contribution is -2.09. The molecule has 116 valence electrons. The van der Waals surface area contributed by atoms with Gasteiger partial charge >= 0.3 is 0 Å². The number of nitrogens with zero attached hydrogens (tertiary/aromatic N) is 2. The van der Waals surface area contributed by atoms with Crippen molar-refractivity contribution in [2.24, 2.45) is 0 Å². The summed E-state index contributed by atoms with van der Waals surface area (Å²) in [6.45, 7) is 2.07. The summed E-state index contributed by atoms with van der Waals surface area (Å²) >= 11 is 0. The average Bonchev–Trinajstić information content (AvgIpc) is 2.58. The fraction of sp³-hybridized carbons (Fsp3) is 0.111. The number of rotatable bonds is 5. The predicted molar refractivity (Wildman–Crippen MR) is 90.2 cm³/mol. The normalized spacial score (nSPS) is 11.7. The number of hydrogen-bond acceptors (Lipinski definition) is 4. The molecule has 2 N–H and O–H groups in total. The maximum atomic E-state index is 12.9. The van der Waals surface area contributed by atoms with Gasteiger partial charge in [0, 0.05) is 17.9 Å². The maximum Gasteiger partial charge on any atom is 0.229 e. The topological polar surface area (TPSA) is 49.8 Å². The van der Waals surface area contributed by atoms with Crippen LogP contribution >= 0.6 is 0 Å². The highest BCUT2D eigenvalue weighted by Crippen LogP contribution is 2.19. The molecule has 5 heteroatoms. The fourth-order valence-corrected chi connectivity index (χ4v) is 2.21. The van der Waals surface area contributed by atoms with E-state index in [1.807, 2.05) is 24.3 Å². The molecule has 0 radical (unpaired) electrons. The molecule has 0 aliphatic carbocycles. The molecule has 0 aliphatic heterocycles. The molecule has 0 amide bonds. The molecule has 0 aliphatic rings. The van der Waals surface area contributed by atoms with Gasteiger partial charge in [0.2, 0.25) is 5.95 Å². The van der Waals surface area contributed by atoms with E-state index in [1.165, 1.54) is 17.7 Å². The third-order valence-corrected chi connectivity index (χ3v) is 3.42. The largest absolute Gasteiger partial charge is 0.363 e. The van der Waals surface area contributed by atoms with E-state index in [9.17, 15) is 4.39 Å². The first-order chi connectivity index (χ1) is 11.2. The minimum absolute atomic E-state index is 0.129. The minimum Gasteiger partial charge on any atom is -0.363 e. The molecule has 0 fully saturated rings. The predicted octanol–water partition coefficient (Wildman–Crippen LogP) is 4.53. The molecule has 23 heavy (non-hydrogen) atoms. The summed E-state index contributed by atoms with van der Waals surface area (Å²) < 4.78 is 12.9. The average molecular weight is 308 g/mol. The highest BCUT2D eigenvalue weighted by molar-refractivity contribution is 5.54. The van der Waals surface area contributed by atoms with Crippen molar-refractivity contribution in [2.75, 3.05) is 10.6 Å². The highest BCUT2D eigenvalue weighted by Gasteiger charge is 2.06. The first-order valence-corrected chi connectivity index (χ1v) is 7.38. The quantitative estimate of drug-likeness (QED) is 0.727. The van der Waals surface area contributed by atoms with E-state index < -0.39 is 0 Å². The smallest absolute Gasteiger partial charge is 0.229 e. The second kappa shape index (κ2) is 6.87. The van der Waals surface area contributed by atoms with Crippen LogP contribution in [0.1, 0.15) is 18.5 Å². The zero-order chi connectivity index (χ0) is 16.1. The fourth-order valence-electron chi connectivity index (χ4n) is 2.21. The summed E-state index contributed by atoms with van der Waals surface area (Å²) in [5.74, 6) is 0.909. The first-order valence-electron chi connectivity index (χ1n) is 7.38. The van der Waals surface area contributed by atoms with Crippen LogP contribution in [0.4, 0.5) is 21.8 Å². The van der Waals surface area contributed by atoms with Gasteiger partial charge in [0.1, 0.15) is 11.6 Å². The number of halogens is 1. The molecule has 1 aromatic heterocycles. The standard InChI is InChI=1S/C18H17FN4/c1-13(14-5-3-2-4-6-14)21-17-11-12-20-18(23-17)22-16-9-7-15(19)8-10-16/h2-13H,1H3,(H2,20,21,22,23). The van der Waals surface area contributed by atoms with Gasteiger partial charge < -0.3 is 10.6 Å². The van der Waals surface area contributed by atoms with Gasteiger partial charge in [-0.15, -0.1) is 0 Å². The Kier molecular flexibility index (Phi) is 4.47. The first kappa shape index (κ1) is 15.0. The van der Waals surface area contributed by atoms with E-state index in [-0.39, 0.29) is 11.9 Å². The molecule has 0 saturated heterocycles. The number of benzene rings is 2. The van der Waals surface area contributed by atoms with Crippen molar-refractivity contribution in [3.63, 3.8) is 0 Å². The number of nitrogens with one attached hydrogen (secondary N) is 2. The summed E-state index contributed by atoms with van der Waals surface area (Å²) in [5.41, 5.74) is 1.92. The lowest BCUT2D eigenvalue weighted by molar-refractivity contribution is 0.628. The Morgan fingerprint density at radius 2 is 1.70 bits per heavy atom. The van der Waals surface area contributed by atoms with Gasteiger partial charge in [-0.25, -0.2) is 9.37 Å². The molecule has 1 atom stereocenters. The van der Waals surface area contributed by atoms with Gasteiger partial charge in [0.25, 0.3) is 0 Å². The molecule has 2 aromatic carbocycles. The SMILES string of the molecule is CC(Nc1ccnc(Nc2ccc(F)cc2)n1)c1ccccc1. The number of hydrogen-bond donors (Lipinski definition) is 2. The van der Waals surface area contributed by atoms with E-state index in [1.54, 1.807) is 18.3 Å². The summed E-state index contributed by atoms with van der Waals surface area (Å²) in [7, 11) is 0. The van der Waals surface area contributed by atoms with E-state index in [0.717, 1.165) is 11.5 Å². The van der Waals surface area contributed by atoms with Crippen molar-refractivity contribution in [3.05, 3.63) is 78.2 Å². The van der Waals surface area contributed by atoms with Gasteiger partial charge in [0.05, 0.1) is 0 Å².